The Morgan fingerprint density at radius 3 is 2.30 bits per heavy atom. The van der Waals surface area contributed by atoms with Crippen molar-refractivity contribution in [2.24, 2.45) is 0 Å². The van der Waals surface area contributed by atoms with E-state index in [9.17, 15) is 18.0 Å². The van der Waals surface area contributed by atoms with Gasteiger partial charge in [0.15, 0.2) is 0 Å². The van der Waals surface area contributed by atoms with Gasteiger partial charge in [-0.2, -0.15) is 13.2 Å². The molecule has 0 atom stereocenters. The minimum atomic E-state index is -4.75. The Hall–Kier alpha value is -2.70. The van der Waals surface area contributed by atoms with Gasteiger partial charge in [-0.05, 0) is 11.6 Å². The summed E-state index contributed by atoms with van der Waals surface area (Å²) in [6.45, 7) is -0.0838. The Kier molecular flexibility index (Phi) is 4.78. The highest BCUT2D eigenvalue weighted by Gasteiger charge is 2.36. The number of carboxylic acids is 1. The minimum absolute atomic E-state index is 0.0838. The first-order valence-corrected chi connectivity index (χ1v) is 6.52. The lowest BCUT2D eigenvalue weighted by Crippen LogP contribution is -2.12. The smallest absolute Gasteiger partial charge is 0.419 e. The van der Waals surface area contributed by atoms with E-state index in [1.54, 1.807) is 30.3 Å². The van der Waals surface area contributed by atoms with Crippen molar-refractivity contribution in [3.63, 3.8) is 0 Å². The second-order valence-electron chi connectivity index (χ2n) is 4.63. The highest BCUT2D eigenvalue weighted by atomic mass is 19.4. The number of benzene rings is 2. The number of halogens is 3. The van der Waals surface area contributed by atoms with Gasteiger partial charge in [-0.25, -0.2) is 4.79 Å². The molecule has 23 heavy (non-hydrogen) atoms. The number of ether oxygens (including phenoxy) is 2. The van der Waals surface area contributed by atoms with Gasteiger partial charge < -0.3 is 14.6 Å². The number of rotatable bonds is 5. The summed E-state index contributed by atoms with van der Waals surface area (Å²) < 4.78 is 49.5. The van der Waals surface area contributed by atoms with Crippen LogP contribution in [0.2, 0.25) is 0 Å². The van der Waals surface area contributed by atoms with Crippen LogP contribution in [0.25, 0.3) is 0 Å². The van der Waals surface area contributed by atoms with Crippen LogP contribution >= 0.6 is 0 Å². The summed E-state index contributed by atoms with van der Waals surface area (Å²) in [6, 6.07) is 10.1. The van der Waals surface area contributed by atoms with Gasteiger partial charge in [-0.1, -0.05) is 30.3 Å². The summed E-state index contributed by atoms with van der Waals surface area (Å²) >= 11 is 0. The Balaban J connectivity index is 2.42. The molecule has 0 unspecified atom stereocenters. The standard InChI is InChI=1S/C16H13F3O4/c1-22-13-8-14(23-9-10-5-3-2-4-6-10)12(16(17,18)19)7-11(13)15(20)21/h2-8H,9H2,1H3,(H,20,21). The summed E-state index contributed by atoms with van der Waals surface area (Å²) in [4.78, 5) is 11.1. The van der Waals surface area contributed by atoms with E-state index in [0.29, 0.717) is 11.6 Å². The van der Waals surface area contributed by atoms with E-state index in [1.165, 1.54) is 7.11 Å². The number of carbonyl (C=O) groups is 1. The minimum Gasteiger partial charge on any atom is -0.496 e. The Labute approximate surface area is 130 Å². The van der Waals surface area contributed by atoms with Crippen LogP contribution < -0.4 is 9.47 Å². The van der Waals surface area contributed by atoms with Crippen LogP contribution in [-0.2, 0) is 12.8 Å². The van der Waals surface area contributed by atoms with Crippen LogP contribution in [0, 0.1) is 0 Å². The van der Waals surface area contributed by atoms with E-state index in [-0.39, 0.29) is 12.4 Å². The van der Waals surface area contributed by atoms with Crippen molar-refractivity contribution in [2.45, 2.75) is 12.8 Å². The molecule has 0 saturated carbocycles. The molecule has 0 heterocycles. The van der Waals surface area contributed by atoms with E-state index in [0.717, 1.165) is 6.07 Å². The quantitative estimate of drug-likeness (QED) is 0.902. The molecular formula is C16H13F3O4. The first-order valence-electron chi connectivity index (χ1n) is 6.52. The molecule has 0 aliphatic carbocycles. The summed E-state index contributed by atoms with van der Waals surface area (Å²) in [5, 5.41) is 9.00. The average Bonchev–Trinajstić information content (AvgIpc) is 2.51. The van der Waals surface area contributed by atoms with Gasteiger partial charge in [0.1, 0.15) is 23.7 Å². The number of hydrogen-bond acceptors (Lipinski definition) is 3. The maximum atomic E-state index is 13.1. The summed E-state index contributed by atoms with van der Waals surface area (Å²) in [5.74, 6) is -2.20. The maximum Gasteiger partial charge on any atom is 0.419 e. The predicted octanol–water partition coefficient (Wildman–Crippen LogP) is 3.99. The van der Waals surface area contributed by atoms with Crippen molar-refractivity contribution in [2.75, 3.05) is 7.11 Å². The third-order valence-corrected chi connectivity index (χ3v) is 3.07. The van der Waals surface area contributed by atoms with Gasteiger partial charge in [-0.15, -0.1) is 0 Å². The molecular weight excluding hydrogens is 313 g/mol. The van der Waals surface area contributed by atoms with Gasteiger partial charge in [0.05, 0.1) is 12.7 Å². The topological polar surface area (TPSA) is 55.8 Å². The fourth-order valence-electron chi connectivity index (χ4n) is 1.97. The van der Waals surface area contributed by atoms with E-state index >= 15 is 0 Å². The van der Waals surface area contributed by atoms with Crippen LogP contribution in [0.5, 0.6) is 11.5 Å². The lowest BCUT2D eigenvalue weighted by molar-refractivity contribution is -0.139. The lowest BCUT2D eigenvalue weighted by atomic mass is 10.1. The van der Waals surface area contributed by atoms with Crippen molar-refractivity contribution in [1.29, 1.82) is 0 Å². The molecule has 0 fully saturated rings. The summed E-state index contributed by atoms with van der Waals surface area (Å²) in [7, 11) is 1.18. The molecule has 0 amide bonds. The van der Waals surface area contributed by atoms with E-state index in [2.05, 4.69) is 0 Å². The van der Waals surface area contributed by atoms with Crippen molar-refractivity contribution in [1.82, 2.24) is 0 Å². The molecule has 2 aromatic rings. The zero-order valence-corrected chi connectivity index (χ0v) is 12.1. The molecule has 4 nitrogen and oxygen atoms in total. The first kappa shape index (κ1) is 16.7. The van der Waals surface area contributed by atoms with Crippen LogP contribution in [0.15, 0.2) is 42.5 Å². The van der Waals surface area contributed by atoms with Crippen LogP contribution in [-0.4, -0.2) is 18.2 Å². The number of alkyl halides is 3. The third-order valence-electron chi connectivity index (χ3n) is 3.07. The summed E-state index contributed by atoms with van der Waals surface area (Å²) in [6.07, 6.45) is -4.75. The van der Waals surface area contributed by atoms with Crippen molar-refractivity contribution >= 4 is 5.97 Å². The highest BCUT2D eigenvalue weighted by Crippen LogP contribution is 2.40. The van der Waals surface area contributed by atoms with E-state index in [1.807, 2.05) is 0 Å². The Morgan fingerprint density at radius 2 is 1.78 bits per heavy atom. The maximum absolute atomic E-state index is 13.1. The van der Waals surface area contributed by atoms with Gasteiger partial charge >= 0.3 is 12.1 Å². The molecule has 0 saturated heterocycles. The fourth-order valence-corrected chi connectivity index (χ4v) is 1.97. The molecule has 122 valence electrons. The van der Waals surface area contributed by atoms with Gasteiger partial charge in [0.2, 0.25) is 0 Å². The Morgan fingerprint density at radius 1 is 1.13 bits per heavy atom. The second kappa shape index (κ2) is 6.60. The molecule has 0 aliphatic rings. The molecule has 0 aromatic heterocycles. The van der Waals surface area contributed by atoms with Crippen molar-refractivity contribution < 1.29 is 32.5 Å². The molecule has 1 N–H and O–H groups in total. The predicted molar refractivity (Wildman–Crippen MR) is 75.7 cm³/mol. The normalized spacial score (nSPS) is 11.1. The molecule has 0 spiro atoms. The SMILES string of the molecule is COc1cc(OCc2ccccc2)c(C(F)(F)F)cc1C(=O)O. The first-order chi connectivity index (χ1) is 10.8. The molecule has 7 heteroatoms. The highest BCUT2D eigenvalue weighted by molar-refractivity contribution is 5.91. The average molecular weight is 326 g/mol. The Bertz CT molecular complexity index is 696. The zero-order chi connectivity index (χ0) is 17.0. The molecule has 0 aliphatic heterocycles. The zero-order valence-electron chi connectivity index (χ0n) is 12.1. The third kappa shape index (κ3) is 3.94. The lowest BCUT2D eigenvalue weighted by Gasteiger charge is -2.16. The van der Waals surface area contributed by atoms with Gasteiger partial charge in [0.25, 0.3) is 0 Å². The van der Waals surface area contributed by atoms with Crippen molar-refractivity contribution in [3.8, 4) is 11.5 Å². The molecule has 2 rings (SSSR count). The monoisotopic (exact) mass is 326 g/mol. The summed E-state index contributed by atoms with van der Waals surface area (Å²) in [5.41, 5.74) is -1.06. The molecule has 0 bridgehead atoms. The van der Waals surface area contributed by atoms with Crippen molar-refractivity contribution in [3.05, 3.63) is 59.2 Å². The number of carboxylic acid groups (broad SMARTS) is 1. The van der Waals surface area contributed by atoms with E-state index in [4.69, 9.17) is 14.6 Å². The second-order valence-corrected chi connectivity index (χ2v) is 4.63. The number of methoxy groups -OCH3 is 1. The van der Waals surface area contributed by atoms with Crippen LogP contribution in [0.1, 0.15) is 21.5 Å². The fraction of sp³-hybridized carbons (Fsp3) is 0.188. The molecule has 2 aromatic carbocycles. The van der Waals surface area contributed by atoms with Gasteiger partial charge in [-0.3, -0.25) is 0 Å². The van der Waals surface area contributed by atoms with Gasteiger partial charge in [0, 0.05) is 6.07 Å². The number of aromatic carboxylic acids is 1. The van der Waals surface area contributed by atoms with E-state index < -0.39 is 29.0 Å². The van der Waals surface area contributed by atoms with Crippen LogP contribution in [0.3, 0.4) is 0 Å². The number of hydrogen-bond donors (Lipinski definition) is 1. The largest absolute Gasteiger partial charge is 0.496 e. The van der Waals surface area contributed by atoms with Crippen LogP contribution in [0.4, 0.5) is 13.2 Å². The molecule has 0 radical (unpaired) electrons.